The highest BCUT2D eigenvalue weighted by Crippen LogP contribution is 2.18. The lowest BCUT2D eigenvalue weighted by Crippen LogP contribution is -2.40. The summed E-state index contributed by atoms with van der Waals surface area (Å²) in [6, 6.07) is 16.4. The second-order valence-corrected chi connectivity index (χ2v) is 8.61. The van der Waals surface area contributed by atoms with Gasteiger partial charge in [-0.05, 0) is 31.6 Å². The minimum atomic E-state index is 0.516. The molecular formula is C27H43N5O3. The van der Waals surface area contributed by atoms with E-state index in [1.54, 1.807) is 0 Å². The van der Waals surface area contributed by atoms with E-state index in [1.165, 1.54) is 11.1 Å². The molecule has 0 amide bonds. The fourth-order valence-corrected chi connectivity index (χ4v) is 3.95. The predicted molar refractivity (Wildman–Crippen MR) is 141 cm³/mol. The molecule has 3 rings (SSSR count). The van der Waals surface area contributed by atoms with Gasteiger partial charge in [-0.3, -0.25) is 4.90 Å². The van der Waals surface area contributed by atoms with Gasteiger partial charge in [0.1, 0.15) is 24.7 Å². The summed E-state index contributed by atoms with van der Waals surface area (Å²) in [5.41, 5.74) is 7.94. The van der Waals surface area contributed by atoms with E-state index in [-0.39, 0.29) is 0 Å². The Bertz CT molecular complexity index is 763. The first-order chi connectivity index (χ1) is 17.4. The molecule has 0 saturated heterocycles. The van der Waals surface area contributed by atoms with Gasteiger partial charge in [0.15, 0.2) is 0 Å². The van der Waals surface area contributed by atoms with E-state index in [0.717, 1.165) is 83.4 Å². The predicted octanol–water partition coefficient (Wildman–Crippen LogP) is 1.59. The van der Waals surface area contributed by atoms with E-state index in [9.17, 15) is 0 Å². The third kappa shape index (κ3) is 10.9. The number of rotatable bonds is 6. The van der Waals surface area contributed by atoms with Crippen LogP contribution in [0.3, 0.4) is 0 Å². The first-order valence-corrected chi connectivity index (χ1v) is 12.9. The van der Waals surface area contributed by atoms with Crippen LogP contribution in [0.15, 0.2) is 48.5 Å². The quantitative estimate of drug-likeness (QED) is 0.459. The Morgan fingerprint density at radius 3 is 1.91 bits per heavy atom. The van der Waals surface area contributed by atoms with Gasteiger partial charge in [0.2, 0.25) is 0 Å². The highest BCUT2D eigenvalue weighted by Gasteiger charge is 2.08. The van der Waals surface area contributed by atoms with Gasteiger partial charge in [0.25, 0.3) is 0 Å². The minimum absolute atomic E-state index is 0.516. The molecule has 194 valence electrons. The normalized spacial score (nSPS) is 17.4. The van der Waals surface area contributed by atoms with E-state index in [0.29, 0.717) is 26.4 Å². The number of para-hydroxylation sites is 2. The van der Waals surface area contributed by atoms with Crippen LogP contribution in [0.4, 0.5) is 0 Å². The Kier molecular flexibility index (Phi) is 13.5. The summed E-state index contributed by atoms with van der Waals surface area (Å²) in [5, 5.41) is 10.7. The zero-order valence-corrected chi connectivity index (χ0v) is 21.0. The third-order valence-electron chi connectivity index (χ3n) is 5.92. The lowest BCUT2D eigenvalue weighted by atomic mass is 10.2. The summed E-state index contributed by atoms with van der Waals surface area (Å²) in [4.78, 5) is 2.50. The van der Waals surface area contributed by atoms with Crippen molar-refractivity contribution in [2.75, 3.05) is 78.8 Å². The van der Waals surface area contributed by atoms with Crippen molar-refractivity contribution >= 4 is 0 Å². The Morgan fingerprint density at radius 2 is 1.34 bits per heavy atom. The van der Waals surface area contributed by atoms with Gasteiger partial charge in [-0.25, -0.2) is 0 Å². The minimum Gasteiger partial charge on any atom is -0.491 e. The van der Waals surface area contributed by atoms with Crippen LogP contribution in [0.5, 0.6) is 11.5 Å². The van der Waals surface area contributed by atoms with Crippen LogP contribution in [0.2, 0.25) is 0 Å². The average Bonchev–Trinajstić information content (AvgIpc) is 2.88. The van der Waals surface area contributed by atoms with Crippen LogP contribution in [0.1, 0.15) is 17.5 Å². The number of nitrogens with two attached hydrogens (primary N) is 1. The van der Waals surface area contributed by atoms with Gasteiger partial charge in [0.05, 0.1) is 13.2 Å². The Hall–Kier alpha value is -2.20. The van der Waals surface area contributed by atoms with Crippen molar-refractivity contribution in [1.82, 2.24) is 20.9 Å². The second-order valence-electron chi connectivity index (χ2n) is 8.61. The Labute approximate surface area is 210 Å². The molecule has 8 nitrogen and oxygen atoms in total. The monoisotopic (exact) mass is 485 g/mol. The molecule has 0 radical (unpaired) electrons. The van der Waals surface area contributed by atoms with Gasteiger partial charge in [-0.1, -0.05) is 36.4 Å². The molecule has 0 unspecified atom stereocenters. The summed E-state index contributed by atoms with van der Waals surface area (Å²) in [6.45, 7) is 11.1. The molecule has 0 aromatic heterocycles. The summed E-state index contributed by atoms with van der Waals surface area (Å²) in [6.07, 6.45) is 1.01. The van der Waals surface area contributed by atoms with Gasteiger partial charge < -0.3 is 35.9 Å². The van der Waals surface area contributed by atoms with Crippen molar-refractivity contribution < 1.29 is 14.2 Å². The summed E-state index contributed by atoms with van der Waals surface area (Å²) in [7, 11) is 0. The molecule has 8 heteroatoms. The molecule has 0 saturated carbocycles. The zero-order valence-electron chi connectivity index (χ0n) is 21.0. The highest BCUT2D eigenvalue weighted by molar-refractivity contribution is 5.34. The number of nitrogens with zero attached hydrogens (tertiary/aromatic N) is 1. The molecule has 35 heavy (non-hydrogen) atoms. The number of nitrogens with one attached hydrogen (secondary N) is 3. The first kappa shape index (κ1) is 27.4. The van der Waals surface area contributed by atoms with Gasteiger partial charge in [-0.2, -0.15) is 0 Å². The lowest BCUT2D eigenvalue weighted by molar-refractivity contribution is 0.0759. The number of hydrogen-bond acceptors (Lipinski definition) is 8. The first-order valence-electron chi connectivity index (χ1n) is 12.9. The largest absolute Gasteiger partial charge is 0.491 e. The van der Waals surface area contributed by atoms with Crippen molar-refractivity contribution in [3.8, 4) is 11.5 Å². The zero-order chi connectivity index (χ0) is 24.4. The fourth-order valence-electron chi connectivity index (χ4n) is 3.95. The molecule has 2 aromatic rings. The molecule has 0 fully saturated rings. The van der Waals surface area contributed by atoms with Crippen LogP contribution in [0, 0.1) is 0 Å². The van der Waals surface area contributed by atoms with Gasteiger partial charge in [0, 0.05) is 63.5 Å². The molecule has 2 aromatic carbocycles. The SMILES string of the molecule is NCCCNCCN1CCNCc2ccccc2OCCOCCOc2ccccc2CNCC1. The average molecular weight is 486 g/mol. The van der Waals surface area contributed by atoms with E-state index in [4.69, 9.17) is 19.9 Å². The maximum Gasteiger partial charge on any atom is 0.123 e. The highest BCUT2D eigenvalue weighted by atomic mass is 16.5. The molecular weight excluding hydrogens is 442 g/mol. The standard InChI is InChI=1S/C27H43N5O3/c28-10-5-11-29-12-15-32-16-13-30-22-24-6-1-3-8-26(24)34-20-18-33-19-21-35-27-9-4-2-7-25(27)23-31-14-17-32/h1-4,6-9,29-31H,5,10-23,28H2. The molecule has 0 spiro atoms. The van der Waals surface area contributed by atoms with Crippen molar-refractivity contribution in [2.24, 2.45) is 5.73 Å². The van der Waals surface area contributed by atoms with Crippen molar-refractivity contribution in [3.63, 3.8) is 0 Å². The van der Waals surface area contributed by atoms with Gasteiger partial charge >= 0.3 is 0 Å². The van der Waals surface area contributed by atoms with E-state index in [2.05, 4.69) is 45.1 Å². The van der Waals surface area contributed by atoms with Crippen LogP contribution in [-0.4, -0.2) is 83.7 Å². The maximum atomic E-state index is 5.99. The van der Waals surface area contributed by atoms with Crippen molar-refractivity contribution in [2.45, 2.75) is 19.5 Å². The van der Waals surface area contributed by atoms with Crippen LogP contribution in [0.25, 0.3) is 0 Å². The van der Waals surface area contributed by atoms with Crippen LogP contribution in [-0.2, 0) is 17.8 Å². The van der Waals surface area contributed by atoms with E-state index < -0.39 is 0 Å². The maximum absolute atomic E-state index is 5.99. The van der Waals surface area contributed by atoms with Gasteiger partial charge in [-0.15, -0.1) is 0 Å². The number of ether oxygens (including phenoxy) is 3. The Morgan fingerprint density at radius 1 is 0.771 bits per heavy atom. The molecule has 5 N–H and O–H groups in total. The smallest absolute Gasteiger partial charge is 0.123 e. The number of benzene rings is 2. The van der Waals surface area contributed by atoms with Crippen molar-refractivity contribution in [1.29, 1.82) is 0 Å². The summed E-state index contributed by atoms with van der Waals surface area (Å²) >= 11 is 0. The number of fused-ring (bicyclic) bond motifs is 2. The Balaban J connectivity index is 1.57. The summed E-state index contributed by atoms with van der Waals surface area (Å²) in [5.74, 6) is 1.82. The van der Waals surface area contributed by atoms with Crippen LogP contribution >= 0.6 is 0 Å². The molecule has 0 aliphatic carbocycles. The summed E-state index contributed by atoms with van der Waals surface area (Å²) < 4.78 is 17.7. The molecule has 1 aliphatic rings. The molecule has 1 heterocycles. The fraction of sp³-hybridized carbons (Fsp3) is 0.556. The second kappa shape index (κ2) is 17.3. The van der Waals surface area contributed by atoms with Crippen LogP contribution < -0.4 is 31.2 Å². The molecule has 1 aliphatic heterocycles. The third-order valence-corrected chi connectivity index (χ3v) is 5.92. The van der Waals surface area contributed by atoms with E-state index in [1.807, 2.05) is 24.3 Å². The van der Waals surface area contributed by atoms with Crippen molar-refractivity contribution in [3.05, 3.63) is 59.7 Å². The van der Waals surface area contributed by atoms with E-state index >= 15 is 0 Å². The lowest BCUT2D eigenvalue weighted by Gasteiger charge is -2.23. The topological polar surface area (TPSA) is 93.0 Å². The number of hydrogen-bond donors (Lipinski definition) is 4. The molecule has 0 bridgehead atoms. The molecule has 0 atom stereocenters.